The van der Waals surface area contributed by atoms with Crippen LogP contribution < -0.4 is 0 Å². The van der Waals surface area contributed by atoms with Gasteiger partial charge < -0.3 is 5.11 Å². The van der Waals surface area contributed by atoms with E-state index in [4.69, 9.17) is 5.11 Å². The second-order valence-electron chi connectivity index (χ2n) is 2.67. The molecule has 0 aliphatic heterocycles. The van der Waals surface area contributed by atoms with E-state index < -0.39 is 5.97 Å². The number of carbonyl (C=O) groups is 1. The first kappa shape index (κ1) is 8.05. The van der Waals surface area contributed by atoms with Gasteiger partial charge in [0.25, 0.3) is 0 Å². The number of rotatable bonds is 3. The monoisotopic (exact) mass is 152 g/mol. The van der Waals surface area contributed by atoms with Crippen LogP contribution in [0, 0.1) is 0 Å². The van der Waals surface area contributed by atoms with Crippen molar-refractivity contribution in [3.05, 3.63) is 23.8 Å². The van der Waals surface area contributed by atoms with Crippen LogP contribution in [0.1, 0.15) is 25.7 Å². The standard InChI is InChI=1S/C9H12O2/c10-9(11)7-6-8-4-2-1-3-5-8/h1-2,5H,3-4,6-7H2,(H,10,11). The van der Waals surface area contributed by atoms with Crippen LogP contribution in [0.25, 0.3) is 0 Å². The van der Waals surface area contributed by atoms with E-state index in [-0.39, 0.29) is 6.42 Å². The Kier molecular flexibility index (Phi) is 2.90. The topological polar surface area (TPSA) is 37.3 Å². The van der Waals surface area contributed by atoms with Crippen LogP contribution in [0.5, 0.6) is 0 Å². The van der Waals surface area contributed by atoms with E-state index in [1.807, 2.05) is 0 Å². The number of carboxylic acid groups (broad SMARTS) is 1. The van der Waals surface area contributed by atoms with Crippen molar-refractivity contribution in [1.82, 2.24) is 0 Å². The van der Waals surface area contributed by atoms with E-state index in [1.54, 1.807) is 0 Å². The van der Waals surface area contributed by atoms with Gasteiger partial charge in [0.05, 0.1) is 0 Å². The highest BCUT2D eigenvalue weighted by Gasteiger charge is 2.01. The molecule has 60 valence electrons. The quantitative estimate of drug-likeness (QED) is 0.629. The summed E-state index contributed by atoms with van der Waals surface area (Å²) < 4.78 is 0. The van der Waals surface area contributed by atoms with E-state index in [0.29, 0.717) is 6.42 Å². The van der Waals surface area contributed by atoms with E-state index >= 15 is 0 Å². The molecule has 1 N–H and O–H groups in total. The Balaban J connectivity index is 2.26. The molecule has 1 rings (SSSR count). The molecule has 2 heteroatoms. The summed E-state index contributed by atoms with van der Waals surface area (Å²) in [5.41, 5.74) is 1.26. The Hall–Kier alpha value is -1.05. The van der Waals surface area contributed by atoms with Crippen molar-refractivity contribution >= 4 is 5.97 Å². The molecule has 0 saturated heterocycles. The Morgan fingerprint density at radius 3 is 2.91 bits per heavy atom. The minimum absolute atomic E-state index is 0.264. The lowest BCUT2D eigenvalue weighted by Crippen LogP contribution is -1.96. The zero-order chi connectivity index (χ0) is 8.10. The summed E-state index contributed by atoms with van der Waals surface area (Å²) >= 11 is 0. The number of allylic oxidation sites excluding steroid dienone is 4. The van der Waals surface area contributed by atoms with Gasteiger partial charge in [-0.25, -0.2) is 0 Å². The van der Waals surface area contributed by atoms with Crippen LogP contribution in [0.3, 0.4) is 0 Å². The minimum atomic E-state index is -0.708. The summed E-state index contributed by atoms with van der Waals surface area (Å²) in [4.78, 5) is 10.2. The van der Waals surface area contributed by atoms with E-state index in [9.17, 15) is 4.79 Å². The Labute approximate surface area is 66.2 Å². The van der Waals surface area contributed by atoms with Gasteiger partial charge in [-0.2, -0.15) is 0 Å². The predicted molar refractivity (Wildman–Crippen MR) is 43.3 cm³/mol. The second kappa shape index (κ2) is 3.96. The van der Waals surface area contributed by atoms with Crippen LogP contribution in [-0.4, -0.2) is 11.1 Å². The maximum absolute atomic E-state index is 10.2. The van der Waals surface area contributed by atoms with Gasteiger partial charge in [0.15, 0.2) is 0 Å². The van der Waals surface area contributed by atoms with Crippen LogP contribution in [0.15, 0.2) is 23.8 Å². The summed E-state index contributed by atoms with van der Waals surface area (Å²) in [6, 6.07) is 0. The molecule has 1 aliphatic carbocycles. The summed E-state index contributed by atoms with van der Waals surface area (Å²) in [6.07, 6.45) is 9.19. The van der Waals surface area contributed by atoms with Crippen molar-refractivity contribution < 1.29 is 9.90 Å². The van der Waals surface area contributed by atoms with Crippen molar-refractivity contribution in [2.45, 2.75) is 25.7 Å². The first-order chi connectivity index (χ1) is 5.29. The number of aliphatic carboxylic acids is 1. The van der Waals surface area contributed by atoms with Gasteiger partial charge in [-0.3, -0.25) is 4.79 Å². The molecule has 1 aliphatic rings. The van der Waals surface area contributed by atoms with Gasteiger partial charge in [-0.15, -0.1) is 0 Å². The molecule has 0 aromatic heterocycles. The first-order valence-electron chi connectivity index (χ1n) is 3.84. The maximum Gasteiger partial charge on any atom is 0.303 e. The summed E-state index contributed by atoms with van der Waals surface area (Å²) in [5.74, 6) is -0.708. The van der Waals surface area contributed by atoms with Crippen molar-refractivity contribution in [3.8, 4) is 0 Å². The molecule has 0 heterocycles. The zero-order valence-electron chi connectivity index (χ0n) is 6.42. The average molecular weight is 152 g/mol. The molecule has 0 spiro atoms. The van der Waals surface area contributed by atoms with Crippen molar-refractivity contribution in [1.29, 1.82) is 0 Å². The lowest BCUT2D eigenvalue weighted by molar-refractivity contribution is -0.136. The predicted octanol–water partition coefficient (Wildman–Crippen LogP) is 2.13. The van der Waals surface area contributed by atoms with Gasteiger partial charge in [-0.05, 0) is 19.3 Å². The van der Waals surface area contributed by atoms with Crippen molar-refractivity contribution in [2.75, 3.05) is 0 Å². The summed E-state index contributed by atoms with van der Waals surface area (Å²) in [6.45, 7) is 0. The molecule has 11 heavy (non-hydrogen) atoms. The van der Waals surface area contributed by atoms with Gasteiger partial charge >= 0.3 is 5.97 Å². The minimum Gasteiger partial charge on any atom is -0.481 e. The van der Waals surface area contributed by atoms with Gasteiger partial charge in [0, 0.05) is 6.42 Å². The summed E-state index contributed by atoms with van der Waals surface area (Å²) in [7, 11) is 0. The highest BCUT2D eigenvalue weighted by atomic mass is 16.4. The molecule has 0 bridgehead atoms. The Morgan fingerprint density at radius 2 is 2.36 bits per heavy atom. The molecule has 0 radical (unpaired) electrons. The molecular formula is C9H12O2. The van der Waals surface area contributed by atoms with Crippen molar-refractivity contribution in [2.24, 2.45) is 0 Å². The third kappa shape index (κ3) is 3.03. The molecule has 0 atom stereocenters. The number of hydrogen-bond acceptors (Lipinski definition) is 1. The smallest absolute Gasteiger partial charge is 0.303 e. The van der Waals surface area contributed by atoms with Gasteiger partial charge in [-0.1, -0.05) is 23.8 Å². The SMILES string of the molecule is O=C(O)CCC1=CCC=CC1. The second-order valence-corrected chi connectivity index (χ2v) is 2.67. The van der Waals surface area contributed by atoms with E-state index in [1.165, 1.54) is 5.57 Å². The molecule has 0 unspecified atom stereocenters. The zero-order valence-corrected chi connectivity index (χ0v) is 6.42. The molecule has 0 saturated carbocycles. The fourth-order valence-electron chi connectivity index (χ4n) is 1.12. The summed E-state index contributed by atoms with van der Waals surface area (Å²) in [5, 5.41) is 8.40. The fourth-order valence-corrected chi connectivity index (χ4v) is 1.12. The normalized spacial score (nSPS) is 16.2. The molecule has 0 amide bonds. The maximum atomic E-state index is 10.2. The molecular weight excluding hydrogens is 140 g/mol. The lowest BCUT2D eigenvalue weighted by Gasteiger charge is -2.05. The average Bonchev–Trinajstić information content (AvgIpc) is 2.03. The highest BCUT2D eigenvalue weighted by molar-refractivity contribution is 5.67. The van der Waals surface area contributed by atoms with Crippen LogP contribution in [0.2, 0.25) is 0 Å². The van der Waals surface area contributed by atoms with Crippen LogP contribution in [-0.2, 0) is 4.79 Å². The molecule has 0 fully saturated rings. The first-order valence-corrected chi connectivity index (χ1v) is 3.84. The van der Waals surface area contributed by atoms with Crippen LogP contribution >= 0.6 is 0 Å². The molecule has 0 aromatic rings. The Bertz CT molecular complexity index is 202. The van der Waals surface area contributed by atoms with Crippen LogP contribution in [0.4, 0.5) is 0 Å². The van der Waals surface area contributed by atoms with Gasteiger partial charge in [0.1, 0.15) is 0 Å². The third-order valence-electron chi connectivity index (χ3n) is 1.75. The molecule has 0 aromatic carbocycles. The largest absolute Gasteiger partial charge is 0.481 e. The van der Waals surface area contributed by atoms with Crippen molar-refractivity contribution in [3.63, 3.8) is 0 Å². The van der Waals surface area contributed by atoms with Gasteiger partial charge in [0.2, 0.25) is 0 Å². The van der Waals surface area contributed by atoms with E-state index in [2.05, 4.69) is 18.2 Å². The lowest BCUT2D eigenvalue weighted by atomic mass is 10.0. The Morgan fingerprint density at radius 1 is 1.55 bits per heavy atom. The third-order valence-corrected chi connectivity index (χ3v) is 1.75. The number of hydrogen-bond donors (Lipinski definition) is 1. The number of carboxylic acids is 1. The highest BCUT2D eigenvalue weighted by Crippen LogP contribution is 2.15. The van der Waals surface area contributed by atoms with E-state index in [0.717, 1.165) is 12.8 Å². The fraction of sp³-hybridized carbons (Fsp3) is 0.444. The molecule has 2 nitrogen and oxygen atoms in total.